The van der Waals surface area contributed by atoms with Crippen LogP contribution in [0.25, 0.3) is 0 Å². The molecule has 1 rings (SSSR count). The number of amides is 3. The molecule has 0 spiro atoms. The number of imide groups is 1. The first-order valence-corrected chi connectivity index (χ1v) is 3.41. The van der Waals surface area contributed by atoms with E-state index in [0.29, 0.717) is 0 Å². The van der Waals surface area contributed by atoms with Gasteiger partial charge in [-0.1, -0.05) is 21.0 Å². The molecule has 5 nitrogen and oxygen atoms in total. The van der Waals surface area contributed by atoms with E-state index in [4.69, 9.17) is 0 Å². The molecule has 0 N–H and O–H groups in total. The van der Waals surface area contributed by atoms with Crippen molar-refractivity contribution in [3.05, 3.63) is 0 Å². The van der Waals surface area contributed by atoms with Gasteiger partial charge in [-0.25, -0.2) is 4.79 Å². The summed E-state index contributed by atoms with van der Waals surface area (Å²) < 4.78 is 0. The maximum Gasteiger partial charge on any atom is 0.368 e. The van der Waals surface area contributed by atoms with Crippen molar-refractivity contribution in [2.45, 2.75) is 4.95 Å². The first kappa shape index (κ1) is 7.33. The summed E-state index contributed by atoms with van der Waals surface area (Å²) in [5.74, 6) is -0.389. The van der Waals surface area contributed by atoms with Crippen molar-refractivity contribution in [3.63, 3.8) is 0 Å². The van der Waals surface area contributed by atoms with E-state index in [-0.39, 0.29) is 5.91 Å². The molecule has 0 aromatic heterocycles. The van der Waals surface area contributed by atoms with Crippen molar-refractivity contribution in [1.82, 2.24) is 4.90 Å². The van der Waals surface area contributed by atoms with Crippen LogP contribution in [0.3, 0.4) is 0 Å². The highest BCUT2D eigenvalue weighted by Gasteiger charge is 2.27. The quantitative estimate of drug-likeness (QED) is 0.433. The smallest absolute Gasteiger partial charge is 0.271 e. The summed E-state index contributed by atoms with van der Waals surface area (Å²) in [5.41, 5.74) is 0. The van der Waals surface area contributed by atoms with Crippen molar-refractivity contribution in [2.75, 3.05) is 7.05 Å². The van der Waals surface area contributed by atoms with Gasteiger partial charge in [0.2, 0.25) is 4.95 Å². The molecule has 3 amide bonds. The second-order valence-electron chi connectivity index (χ2n) is 1.73. The summed E-state index contributed by atoms with van der Waals surface area (Å²) in [7, 11) is 1.36. The van der Waals surface area contributed by atoms with Crippen LogP contribution in [0.5, 0.6) is 0 Å². The van der Waals surface area contributed by atoms with Gasteiger partial charge in [0.05, 0.1) is 0 Å². The van der Waals surface area contributed by atoms with Crippen LogP contribution in [0.1, 0.15) is 0 Å². The Hall–Kier alpha value is -0.780. The zero-order valence-electron chi connectivity index (χ0n) is 5.11. The molecule has 0 saturated carbocycles. The van der Waals surface area contributed by atoms with Crippen LogP contribution < -0.4 is 0 Å². The molecule has 0 aromatic carbocycles. The predicted octanol–water partition coefficient (Wildman–Crippen LogP) is 0.752. The molecule has 0 bridgehead atoms. The number of carbonyl (C=O) groups excluding carboxylic acids is 2. The lowest BCUT2D eigenvalue weighted by Crippen LogP contribution is -2.38. The summed E-state index contributed by atoms with van der Waals surface area (Å²) in [6.45, 7) is 0. The second kappa shape index (κ2) is 2.45. The largest absolute Gasteiger partial charge is 0.368 e. The van der Waals surface area contributed by atoms with E-state index in [1.165, 1.54) is 7.05 Å². The Bertz CT molecular complexity index is 215. The third-order valence-electron chi connectivity index (χ3n) is 1.07. The van der Waals surface area contributed by atoms with Gasteiger partial charge in [-0.2, -0.15) is 5.11 Å². The zero-order valence-corrected chi connectivity index (χ0v) is 6.70. The molecule has 0 aromatic rings. The summed E-state index contributed by atoms with van der Waals surface area (Å²) in [6, 6.07) is -0.624. The second-order valence-corrected chi connectivity index (χ2v) is 2.60. The minimum Gasteiger partial charge on any atom is -0.271 e. The molecule has 0 aliphatic carbocycles. The van der Waals surface area contributed by atoms with Gasteiger partial charge in [-0.3, -0.25) is 9.69 Å². The fourth-order valence-corrected chi connectivity index (χ4v) is 0.869. The van der Waals surface area contributed by atoms with Crippen LogP contribution >= 0.6 is 15.9 Å². The van der Waals surface area contributed by atoms with Crippen LogP contribution in [-0.2, 0) is 4.79 Å². The standard InChI is InChI=1S/C4H4BrN3O2/c1-8-3(9)2(5)6-7-4(8)10/h2H,1H3. The van der Waals surface area contributed by atoms with Crippen LogP contribution in [0.4, 0.5) is 4.79 Å². The summed E-state index contributed by atoms with van der Waals surface area (Å²) in [5, 5.41) is 6.53. The van der Waals surface area contributed by atoms with Gasteiger partial charge in [0.25, 0.3) is 5.91 Å². The van der Waals surface area contributed by atoms with E-state index in [0.717, 1.165) is 4.90 Å². The number of hydrogen-bond donors (Lipinski definition) is 0. The first-order valence-electron chi connectivity index (χ1n) is 2.49. The molecule has 1 unspecified atom stereocenters. The Balaban J connectivity index is 2.89. The van der Waals surface area contributed by atoms with Crippen molar-refractivity contribution in [1.29, 1.82) is 0 Å². The molecular formula is C4H4BrN3O2. The van der Waals surface area contributed by atoms with Gasteiger partial charge in [0.1, 0.15) is 0 Å². The molecule has 1 aliphatic heterocycles. The lowest BCUT2D eigenvalue weighted by molar-refractivity contribution is -0.126. The summed E-state index contributed by atoms with van der Waals surface area (Å²) >= 11 is 2.92. The van der Waals surface area contributed by atoms with E-state index in [1.807, 2.05) is 0 Å². The minimum atomic E-state index is -0.699. The topological polar surface area (TPSA) is 62.1 Å². The van der Waals surface area contributed by atoms with Gasteiger partial charge < -0.3 is 0 Å². The number of azo groups is 1. The molecule has 0 saturated heterocycles. The highest BCUT2D eigenvalue weighted by atomic mass is 79.9. The highest BCUT2D eigenvalue weighted by Crippen LogP contribution is 2.12. The molecular weight excluding hydrogens is 202 g/mol. The Morgan fingerprint density at radius 2 is 2.20 bits per heavy atom. The van der Waals surface area contributed by atoms with Crippen LogP contribution in [0.2, 0.25) is 0 Å². The fraction of sp³-hybridized carbons (Fsp3) is 0.500. The van der Waals surface area contributed by atoms with E-state index in [1.54, 1.807) is 0 Å². The number of hydrogen-bond acceptors (Lipinski definition) is 3. The van der Waals surface area contributed by atoms with Gasteiger partial charge in [0, 0.05) is 7.05 Å². The van der Waals surface area contributed by atoms with Crippen molar-refractivity contribution in [2.24, 2.45) is 10.2 Å². The third kappa shape index (κ3) is 1.06. The lowest BCUT2D eigenvalue weighted by Gasteiger charge is -2.16. The van der Waals surface area contributed by atoms with E-state index in [2.05, 4.69) is 26.2 Å². The Labute approximate surface area is 65.2 Å². The van der Waals surface area contributed by atoms with E-state index in [9.17, 15) is 9.59 Å². The molecule has 0 radical (unpaired) electrons. The number of carbonyl (C=O) groups is 2. The van der Waals surface area contributed by atoms with Crippen LogP contribution in [0.15, 0.2) is 10.2 Å². The average molecular weight is 206 g/mol. The predicted molar refractivity (Wildman–Crippen MR) is 35.7 cm³/mol. The van der Waals surface area contributed by atoms with Crippen LogP contribution in [0, 0.1) is 0 Å². The van der Waals surface area contributed by atoms with Gasteiger partial charge in [-0.15, -0.1) is 0 Å². The maximum atomic E-state index is 10.8. The van der Waals surface area contributed by atoms with E-state index < -0.39 is 11.0 Å². The Morgan fingerprint density at radius 1 is 1.60 bits per heavy atom. The third-order valence-corrected chi connectivity index (χ3v) is 1.64. The van der Waals surface area contributed by atoms with Crippen molar-refractivity contribution >= 4 is 27.9 Å². The van der Waals surface area contributed by atoms with Gasteiger partial charge in [-0.05, 0) is 0 Å². The number of likely N-dealkylation sites (N-methyl/N-ethyl adjacent to an activating group) is 1. The molecule has 1 aliphatic rings. The van der Waals surface area contributed by atoms with Crippen molar-refractivity contribution in [3.8, 4) is 0 Å². The molecule has 6 heteroatoms. The van der Waals surface area contributed by atoms with Crippen molar-refractivity contribution < 1.29 is 9.59 Å². The first-order chi connectivity index (χ1) is 4.63. The number of urea groups is 1. The summed E-state index contributed by atoms with van der Waals surface area (Å²) in [6.07, 6.45) is 0. The van der Waals surface area contributed by atoms with Crippen LogP contribution in [-0.4, -0.2) is 28.8 Å². The average Bonchev–Trinajstić information content (AvgIpc) is 1.93. The molecule has 0 fully saturated rings. The number of alkyl halides is 1. The Kier molecular flexibility index (Phi) is 1.80. The van der Waals surface area contributed by atoms with Gasteiger partial charge >= 0.3 is 6.03 Å². The Morgan fingerprint density at radius 3 is 2.70 bits per heavy atom. The monoisotopic (exact) mass is 205 g/mol. The SMILES string of the molecule is CN1C(=O)N=NC(Br)C1=O. The molecule has 54 valence electrons. The molecule has 1 heterocycles. The number of halogens is 1. The fourth-order valence-electron chi connectivity index (χ4n) is 0.471. The summed E-state index contributed by atoms with van der Waals surface area (Å²) in [4.78, 5) is 21.6. The molecule has 10 heavy (non-hydrogen) atoms. The zero-order chi connectivity index (χ0) is 7.72. The van der Waals surface area contributed by atoms with Gasteiger partial charge in [0.15, 0.2) is 0 Å². The number of nitrogens with zero attached hydrogens (tertiary/aromatic N) is 3. The number of rotatable bonds is 0. The maximum absolute atomic E-state index is 10.8. The lowest BCUT2D eigenvalue weighted by atomic mass is 10.5. The highest BCUT2D eigenvalue weighted by molar-refractivity contribution is 9.10. The molecule has 1 atom stereocenters. The van der Waals surface area contributed by atoms with E-state index >= 15 is 0 Å². The normalized spacial score (nSPS) is 25.8. The minimum absolute atomic E-state index is 0.389.